The number of methoxy groups -OCH3 is 2. The summed E-state index contributed by atoms with van der Waals surface area (Å²) in [6, 6.07) is 0. The van der Waals surface area contributed by atoms with E-state index in [1.807, 2.05) is 0 Å². The van der Waals surface area contributed by atoms with Gasteiger partial charge in [-0.05, 0) is 0 Å². The number of nitrogens with two attached hydrogens (primary N) is 1. The van der Waals surface area contributed by atoms with Gasteiger partial charge in [0.2, 0.25) is 17.7 Å². The van der Waals surface area contributed by atoms with Crippen molar-refractivity contribution in [2.75, 3.05) is 20.0 Å². The van der Waals surface area contributed by atoms with Gasteiger partial charge in [0.25, 0.3) is 0 Å². The Bertz CT molecular complexity index is 502. The number of aromatic nitrogens is 4. The normalized spacial score (nSPS) is 10.3. The molecule has 0 aliphatic heterocycles. The molecule has 2 aromatic rings. The Morgan fingerprint density at radius 1 is 1.13 bits per heavy atom. The zero-order chi connectivity index (χ0) is 10.8. The Hall–Kier alpha value is -2.18. The van der Waals surface area contributed by atoms with Crippen molar-refractivity contribution in [1.29, 1.82) is 0 Å². The van der Waals surface area contributed by atoms with E-state index in [0.717, 1.165) is 0 Å². The van der Waals surface area contributed by atoms with Crippen LogP contribution in [0.4, 0.5) is 5.95 Å². The van der Waals surface area contributed by atoms with Crippen LogP contribution in [0, 0.1) is 0 Å². The van der Waals surface area contributed by atoms with Gasteiger partial charge in [-0.25, -0.2) is 4.98 Å². The minimum atomic E-state index is 0.0851. The summed E-state index contributed by atoms with van der Waals surface area (Å²) in [5.41, 5.74) is 6.28. The molecule has 0 radical (unpaired) electrons. The highest BCUT2D eigenvalue weighted by Gasteiger charge is 2.09. The first-order valence-electron chi connectivity index (χ1n) is 4.13. The smallest absolute Gasteiger partial charge is 0.246 e. The molecule has 0 aliphatic rings. The predicted molar refractivity (Wildman–Crippen MR) is 52.6 cm³/mol. The highest BCUT2D eigenvalue weighted by Crippen LogP contribution is 2.20. The maximum absolute atomic E-state index is 5.48. The zero-order valence-corrected chi connectivity index (χ0v) is 8.26. The number of rotatable bonds is 2. The summed E-state index contributed by atoms with van der Waals surface area (Å²) in [6.07, 6.45) is 1.46. The Morgan fingerprint density at radius 3 is 2.60 bits per heavy atom. The minimum absolute atomic E-state index is 0.0851. The van der Waals surface area contributed by atoms with Crippen molar-refractivity contribution in [3.63, 3.8) is 0 Å². The van der Waals surface area contributed by atoms with Crippen LogP contribution >= 0.6 is 0 Å². The predicted octanol–water partition coefficient (Wildman–Crippen LogP) is 0.0192. The van der Waals surface area contributed by atoms with E-state index in [1.165, 1.54) is 20.4 Å². The van der Waals surface area contributed by atoms with E-state index in [9.17, 15) is 0 Å². The molecule has 2 rings (SSSR count). The summed E-state index contributed by atoms with van der Waals surface area (Å²) in [6.45, 7) is 0. The van der Waals surface area contributed by atoms with E-state index in [0.29, 0.717) is 22.9 Å². The van der Waals surface area contributed by atoms with Gasteiger partial charge in [0.05, 0.1) is 20.4 Å². The molecule has 0 aliphatic carbocycles. The second-order valence-electron chi connectivity index (χ2n) is 2.68. The number of hydrogen-bond donors (Lipinski definition) is 1. The van der Waals surface area contributed by atoms with Gasteiger partial charge in [-0.15, -0.1) is 0 Å². The molecule has 0 bridgehead atoms. The molecule has 0 saturated carbocycles. The quantitative estimate of drug-likeness (QED) is 0.741. The minimum Gasteiger partial charge on any atom is -0.480 e. The molecule has 0 unspecified atom stereocenters. The zero-order valence-electron chi connectivity index (χ0n) is 8.26. The van der Waals surface area contributed by atoms with Gasteiger partial charge in [-0.1, -0.05) is 0 Å². The highest BCUT2D eigenvalue weighted by atomic mass is 16.5. The maximum Gasteiger partial charge on any atom is 0.246 e. The Balaban J connectivity index is 2.72. The Kier molecular flexibility index (Phi) is 2.20. The molecule has 0 amide bonds. The average molecular weight is 207 g/mol. The van der Waals surface area contributed by atoms with E-state index < -0.39 is 0 Å². The number of ether oxygens (including phenoxy) is 2. The molecule has 2 heterocycles. The second kappa shape index (κ2) is 3.52. The van der Waals surface area contributed by atoms with Crippen LogP contribution in [-0.2, 0) is 0 Å². The summed E-state index contributed by atoms with van der Waals surface area (Å²) >= 11 is 0. The van der Waals surface area contributed by atoms with Crippen molar-refractivity contribution in [3.05, 3.63) is 6.20 Å². The van der Waals surface area contributed by atoms with E-state index in [2.05, 4.69) is 19.9 Å². The van der Waals surface area contributed by atoms with Crippen LogP contribution < -0.4 is 15.2 Å². The fourth-order valence-corrected chi connectivity index (χ4v) is 1.12. The van der Waals surface area contributed by atoms with Gasteiger partial charge in [-0.3, -0.25) is 0 Å². The van der Waals surface area contributed by atoms with Crippen molar-refractivity contribution in [2.24, 2.45) is 0 Å². The summed E-state index contributed by atoms with van der Waals surface area (Å²) in [5, 5.41) is 0. The molecule has 0 fully saturated rings. The topological polar surface area (TPSA) is 96.0 Å². The van der Waals surface area contributed by atoms with Crippen molar-refractivity contribution < 1.29 is 9.47 Å². The molecule has 7 heteroatoms. The lowest BCUT2D eigenvalue weighted by Crippen LogP contribution is -2.02. The van der Waals surface area contributed by atoms with Gasteiger partial charge >= 0.3 is 0 Å². The van der Waals surface area contributed by atoms with Gasteiger partial charge < -0.3 is 15.2 Å². The molecule has 0 saturated heterocycles. The lowest BCUT2D eigenvalue weighted by atomic mass is 10.5. The van der Waals surface area contributed by atoms with Gasteiger partial charge in [0.15, 0.2) is 11.2 Å². The SMILES string of the molecule is COc1cnc2c(OC)nc(N)nc2n1. The molecular weight excluding hydrogens is 198 g/mol. The first-order chi connectivity index (χ1) is 7.24. The van der Waals surface area contributed by atoms with Crippen LogP contribution in [0.2, 0.25) is 0 Å². The molecule has 7 nitrogen and oxygen atoms in total. The fraction of sp³-hybridized carbons (Fsp3) is 0.250. The summed E-state index contributed by atoms with van der Waals surface area (Å²) in [5.74, 6) is 0.747. The number of nitrogen functional groups attached to an aromatic ring is 1. The molecule has 2 aromatic heterocycles. The van der Waals surface area contributed by atoms with Crippen LogP contribution in [0.5, 0.6) is 11.8 Å². The number of hydrogen-bond acceptors (Lipinski definition) is 7. The third kappa shape index (κ3) is 1.58. The third-order valence-electron chi connectivity index (χ3n) is 1.77. The largest absolute Gasteiger partial charge is 0.480 e. The summed E-state index contributed by atoms with van der Waals surface area (Å²) in [7, 11) is 2.98. The maximum atomic E-state index is 5.48. The number of nitrogens with zero attached hydrogens (tertiary/aromatic N) is 4. The highest BCUT2D eigenvalue weighted by molar-refractivity contribution is 5.76. The van der Waals surface area contributed by atoms with Crippen molar-refractivity contribution in [3.8, 4) is 11.8 Å². The summed E-state index contributed by atoms with van der Waals surface area (Å²) in [4.78, 5) is 15.9. The standard InChI is InChI=1S/C8H9N5O2/c1-14-4-3-10-5-6(11-4)12-8(9)13-7(5)15-2/h3H,1-2H3,(H2,9,11,12,13). The van der Waals surface area contributed by atoms with Gasteiger partial charge in [0.1, 0.15) is 0 Å². The molecule has 15 heavy (non-hydrogen) atoms. The molecular formula is C8H9N5O2. The number of anilines is 1. The molecule has 0 spiro atoms. The number of fused-ring (bicyclic) bond motifs is 1. The lowest BCUT2D eigenvalue weighted by Gasteiger charge is -2.04. The lowest BCUT2D eigenvalue weighted by molar-refractivity contribution is 0.394. The Morgan fingerprint density at radius 2 is 1.93 bits per heavy atom. The second-order valence-corrected chi connectivity index (χ2v) is 2.68. The van der Waals surface area contributed by atoms with Crippen LogP contribution in [0.3, 0.4) is 0 Å². The third-order valence-corrected chi connectivity index (χ3v) is 1.77. The van der Waals surface area contributed by atoms with Crippen molar-refractivity contribution in [1.82, 2.24) is 19.9 Å². The molecule has 0 aromatic carbocycles. The summed E-state index contributed by atoms with van der Waals surface area (Å²) < 4.78 is 9.93. The molecule has 2 N–H and O–H groups in total. The van der Waals surface area contributed by atoms with Crippen LogP contribution in [0.15, 0.2) is 6.20 Å². The van der Waals surface area contributed by atoms with Crippen LogP contribution in [-0.4, -0.2) is 34.2 Å². The van der Waals surface area contributed by atoms with Gasteiger partial charge in [-0.2, -0.15) is 15.0 Å². The van der Waals surface area contributed by atoms with E-state index in [1.54, 1.807) is 0 Å². The van der Waals surface area contributed by atoms with Gasteiger partial charge in [0, 0.05) is 0 Å². The first-order valence-corrected chi connectivity index (χ1v) is 4.13. The fourth-order valence-electron chi connectivity index (χ4n) is 1.12. The molecule has 0 atom stereocenters. The monoisotopic (exact) mass is 207 g/mol. The van der Waals surface area contributed by atoms with Crippen molar-refractivity contribution in [2.45, 2.75) is 0 Å². The first kappa shape index (κ1) is 9.38. The Labute approximate surface area is 85.3 Å². The molecule has 78 valence electrons. The van der Waals surface area contributed by atoms with E-state index in [-0.39, 0.29) is 5.95 Å². The van der Waals surface area contributed by atoms with E-state index >= 15 is 0 Å². The van der Waals surface area contributed by atoms with Crippen LogP contribution in [0.1, 0.15) is 0 Å². The van der Waals surface area contributed by atoms with E-state index in [4.69, 9.17) is 15.2 Å². The van der Waals surface area contributed by atoms with Crippen molar-refractivity contribution >= 4 is 17.1 Å². The van der Waals surface area contributed by atoms with Crippen LogP contribution in [0.25, 0.3) is 11.2 Å². The average Bonchev–Trinajstić information content (AvgIpc) is 2.26.